The van der Waals surface area contributed by atoms with E-state index in [-0.39, 0.29) is 0 Å². The SMILES string of the molecule is CCCCN(CC(C)C(=O)O)c1ccc(N2CCOCC2)nc1. The number of carbonyl (C=O) groups is 1. The summed E-state index contributed by atoms with van der Waals surface area (Å²) in [6.45, 7) is 8.45. The number of hydrogen-bond donors (Lipinski definition) is 1. The number of hydrogen-bond acceptors (Lipinski definition) is 5. The zero-order chi connectivity index (χ0) is 16.7. The summed E-state index contributed by atoms with van der Waals surface area (Å²) in [4.78, 5) is 20.0. The van der Waals surface area contributed by atoms with Gasteiger partial charge in [-0.05, 0) is 18.6 Å². The molecule has 1 unspecified atom stereocenters. The maximum absolute atomic E-state index is 11.1. The molecule has 0 aliphatic carbocycles. The van der Waals surface area contributed by atoms with Crippen molar-refractivity contribution in [1.82, 2.24) is 4.98 Å². The van der Waals surface area contributed by atoms with Gasteiger partial charge in [-0.3, -0.25) is 4.79 Å². The third-order valence-electron chi connectivity index (χ3n) is 4.13. The minimum atomic E-state index is -0.760. The van der Waals surface area contributed by atoms with Crippen LogP contribution < -0.4 is 9.80 Å². The maximum Gasteiger partial charge on any atom is 0.308 e. The molecule has 6 nitrogen and oxygen atoms in total. The first-order chi connectivity index (χ1) is 11.1. The van der Waals surface area contributed by atoms with Crippen LogP contribution in [-0.4, -0.2) is 55.5 Å². The highest BCUT2D eigenvalue weighted by Crippen LogP contribution is 2.20. The van der Waals surface area contributed by atoms with Crippen molar-refractivity contribution in [2.45, 2.75) is 26.7 Å². The number of morpholine rings is 1. The Balaban J connectivity index is 2.06. The van der Waals surface area contributed by atoms with E-state index in [1.807, 2.05) is 18.3 Å². The number of anilines is 2. The standard InChI is InChI=1S/C17H27N3O3/c1-3-4-7-20(13-14(2)17(21)22)15-5-6-16(18-12-15)19-8-10-23-11-9-19/h5-6,12,14H,3-4,7-11,13H2,1-2H3,(H,21,22). The Bertz CT molecular complexity index is 486. The first-order valence-corrected chi connectivity index (χ1v) is 8.38. The lowest BCUT2D eigenvalue weighted by molar-refractivity contribution is -0.140. The van der Waals surface area contributed by atoms with Crippen LogP contribution in [0.4, 0.5) is 11.5 Å². The van der Waals surface area contributed by atoms with Gasteiger partial charge in [0.1, 0.15) is 5.82 Å². The molecule has 1 atom stereocenters. The molecule has 1 aromatic rings. The van der Waals surface area contributed by atoms with Crippen molar-refractivity contribution in [3.8, 4) is 0 Å². The van der Waals surface area contributed by atoms with Crippen molar-refractivity contribution in [1.29, 1.82) is 0 Å². The monoisotopic (exact) mass is 321 g/mol. The largest absolute Gasteiger partial charge is 0.481 e. The number of rotatable bonds is 8. The average Bonchev–Trinajstić information content (AvgIpc) is 2.59. The van der Waals surface area contributed by atoms with Crippen molar-refractivity contribution < 1.29 is 14.6 Å². The molecule has 1 aromatic heterocycles. The quantitative estimate of drug-likeness (QED) is 0.792. The Morgan fingerprint density at radius 3 is 2.74 bits per heavy atom. The summed E-state index contributed by atoms with van der Waals surface area (Å²) in [6, 6.07) is 4.06. The number of unbranched alkanes of at least 4 members (excludes halogenated alkanes) is 1. The molecule has 0 radical (unpaired) electrons. The zero-order valence-electron chi connectivity index (χ0n) is 14.1. The molecule has 1 saturated heterocycles. The molecule has 6 heteroatoms. The lowest BCUT2D eigenvalue weighted by Crippen LogP contribution is -2.37. The topological polar surface area (TPSA) is 65.9 Å². The van der Waals surface area contributed by atoms with Crippen LogP contribution in [0.15, 0.2) is 18.3 Å². The normalized spacial score (nSPS) is 16.2. The molecule has 0 spiro atoms. The fourth-order valence-electron chi connectivity index (χ4n) is 2.63. The number of ether oxygens (including phenoxy) is 1. The van der Waals surface area contributed by atoms with Gasteiger partial charge in [-0.15, -0.1) is 0 Å². The van der Waals surface area contributed by atoms with Crippen molar-refractivity contribution in [2.75, 3.05) is 49.2 Å². The number of nitrogens with zero attached hydrogens (tertiary/aromatic N) is 3. The summed E-state index contributed by atoms with van der Waals surface area (Å²) in [5.74, 6) is -0.200. The Morgan fingerprint density at radius 2 is 2.17 bits per heavy atom. The van der Waals surface area contributed by atoms with Gasteiger partial charge < -0.3 is 19.6 Å². The third-order valence-corrected chi connectivity index (χ3v) is 4.13. The van der Waals surface area contributed by atoms with Gasteiger partial charge in [-0.1, -0.05) is 20.3 Å². The number of aromatic nitrogens is 1. The van der Waals surface area contributed by atoms with Gasteiger partial charge in [-0.25, -0.2) is 4.98 Å². The number of pyridine rings is 1. The Hall–Kier alpha value is -1.82. The maximum atomic E-state index is 11.1. The van der Waals surface area contributed by atoms with Gasteiger partial charge in [0, 0.05) is 26.2 Å². The van der Waals surface area contributed by atoms with E-state index in [4.69, 9.17) is 9.84 Å². The van der Waals surface area contributed by atoms with E-state index in [0.29, 0.717) is 6.54 Å². The first-order valence-electron chi connectivity index (χ1n) is 8.38. The molecule has 2 rings (SSSR count). The highest BCUT2D eigenvalue weighted by atomic mass is 16.5. The Kier molecular flexibility index (Phi) is 6.65. The van der Waals surface area contributed by atoms with Crippen LogP contribution in [0, 0.1) is 5.92 Å². The van der Waals surface area contributed by atoms with E-state index in [1.54, 1.807) is 6.92 Å². The molecule has 0 aromatic carbocycles. The molecule has 1 aliphatic rings. The number of carboxylic acids is 1. The molecule has 2 heterocycles. The average molecular weight is 321 g/mol. The summed E-state index contributed by atoms with van der Waals surface area (Å²) in [5, 5.41) is 9.16. The highest BCUT2D eigenvalue weighted by molar-refractivity contribution is 5.70. The van der Waals surface area contributed by atoms with Gasteiger partial charge in [-0.2, -0.15) is 0 Å². The van der Waals surface area contributed by atoms with Gasteiger partial charge in [0.25, 0.3) is 0 Å². The second-order valence-corrected chi connectivity index (χ2v) is 6.01. The summed E-state index contributed by atoms with van der Waals surface area (Å²) in [6.07, 6.45) is 3.98. The zero-order valence-corrected chi connectivity index (χ0v) is 14.1. The Morgan fingerprint density at radius 1 is 1.43 bits per heavy atom. The molecule has 0 saturated carbocycles. The molecule has 0 amide bonds. The van der Waals surface area contributed by atoms with Crippen molar-refractivity contribution in [3.63, 3.8) is 0 Å². The van der Waals surface area contributed by atoms with Crippen molar-refractivity contribution >= 4 is 17.5 Å². The number of carboxylic acid groups (broad SMARTS) is 1. The van der Waals surface area contributed by atoms with Gasteiger partial charge in [0.2, 0.25) is 0 Å². The predicted molar refractivity (Wildman–Crippen MR) is 91.2 cm³/mol. The minimum absolute atomic E-state index is 0.397. The second-order valence-electron chi connectivity index (χ2n) is 6.01. The summed E-state index contributed by atoms with van der Waals surface area (Å²) < 4.78 is 5.36. The van der Waals surface area contributed by atoms with E-state index in [0.717, 1.165) is 57.2 Å². The van der Waals surface area contributed by atoms with E-state index in [2.05, 4.69) is 21.7 Å². The van der Waals surface area contributed by atoms with E-state index >= 15 is 0 Å². The van der Waals surface area contributed by atoms with Gasteiger partial charge in [0.15, 0.2) is 0 Å². The van der Waals surface area contributed by atoms with Crippen LogP contribution in [0.1, 0.15) is 26.7 Å². The molecule has 1 aliphatic heterocycles. The van der Waals surface area contributed by atoms with E-state index in [1.165, 1.54) is 0 Å². The fourth-order valence-corrected chi connectivity index (χ4v) is 2.63. The van der Waals surface area contributed by atoms with E-state index in [9.17, 15) is 4.79 Å². The Labute approximate surface area is 138 Å². The first kappa shape index (κ1) is 17.5. The molecule has 0 bridgehead atoms. The lowest BCUT2D eigenvalue weighted by Gasteiger charge is -2.29. The second kappa shape index (κ2) is 8.72. The van der Waals surface area contributed by atoms with Gasteiger partial charge in [0.05, 0.1) is 31.0 Å². The van der Waals surface area contributed by atoms with Crippen LogP contribution in [0.25, 0.3) is 0 Å². The molecular weight excluding hydrogens is 294 g/mol. The van der Waals surface area contributed by atoms with Crippen LogP contribution in [0.2, 0.25) is 0 Å². The van der Waals surface area contributed by atoms with Crippen LogP contribution in [0.3, 0.4) is 0 Å². The van der Waals surface area contributed by atoms with Crippen LogP contribution in [-0.2, 0) is 9.53 Å². The van der Waals surface area contributed by atoms with E-state index < -0.39 is 11.9 Å². The minimum Gasteiger partial charge on any atom is -0.481 e. The van der Waals surface area contributed by atoms with Crippen LogP contribution in [0.5, 0.6) is 0 Å². The smallest absolute Gasteiger partial charge is 0.308 e. The van der Waals surface area contributed by atoms with Gasteiger partial charge >= 0.3 is 5.97 Å². The molecule has 1 fully saturated rings. The number of aliphatic carboxylic acids is 1. The highest BCUT2D eigenvalue weighted by Gasteiger charge is 2.17. The molecular formula is C17H27N3O3. The predicted octanol–water partition coefficient (Wildman–Crippen LogP) is 2.25. The van der Waals surface area contributed by atoms with Crippen molar-refractivity contribution in [2.24, 2.45) is 5.92 Å². The molecule has 1 N–H and O–H groups in total. The summed E-state index contributed by atoms with van der Waals surface area (Å²) >= 11 is 0. The van der Waals surface area contributed by atoms with Crippen LogP contribution >= 0.6 is 0 Å². The molecule has 128 valence electrons. The molecule has 23 heavy (non-hydrogen) atoms. The lowest BCUT2D eigenvalue weighted by atomic mass is 10.1. The summed E-state index contributed by atoms with van der Waals surface area (Å²) in [7, 11) is 0. The third kappa shape index (κ3) is 5.10. The summed E-state index contributed by atoms with van der Waals surface area (Å²) in [5.41, 5.74) is 0.989. The van der Waals surface area contributed by atoms with Crippen molar-refractivity contribution in [3.05, 3.63) is 18.3 Å². The fraction of sp³-hybridized carbons (Fsp3) is 0.647.